The highest BCUT2D eigenvalue weighted by atomic mass is 16.5. The Morgan fingerprint density at radius 2 is 2.00 bits per heavy atom. The quantitative estimate of drug-likeness (QED) is 0.845. The van der Waals surface area contributed by atoms with Crippen molar-refractivity contribution < 1.29 is 9.53 Å². The molecule has 0 saturated heterocycles. The Morgan fingerprint density at radius 1 is 1.28 bits per heavy atom. The van der Waals surface area contributed by atoms with E-state index in [9.17, 15) is 9.59 Å². The molecule has 0 radical (unpaired) electrons. The van der Waals surface area contributed by atoms with Gasteiger partial charge in [-0.1, -0.05) is 13.0 Å². The summed E-state index contributed by atoms with van der Waals surface area (Å²) in [5.74, 6) is 0.498. The number of pyridine rings is 1. The lowest BCUT2D eigenvalue weighted by atomic mass is 10.1. The van der Waals surface area contributed by atoms with E-state index < -0.39 is 0 Å². The molecular weight excluding hydrogens is 316 g/mol. The number of aromatic nitrogens is 1. The molecule has 1 atom stereocenters. The van der Waals surface area contributed by atoms with Gasteiger partial charge in [0.15, 0.2) is 0 Å². The van der Waals surface area contributed by atoms with E-state index in [1.54, 1.807) is 6.07 Å². The molecule has 134 valence electrons. The van der Waals surface area contributed by atoms with E-state index in [0.717, 1.165) is 23.2 Å². The van der Waals surface area contributed by atoms with Crippen LogP contribution in [-0.2, 0) is 6.54 Å². The third-order valence-corrected chi connectivity index (χ3v) is 4.35. The molecule has 2 N–H and O–H groups in total. The third kappa shape index (κ3) is 4.50. The highest BCUT2D eigenvalue weighted by Crippen LogP contribution is 2.23. The average molecular weight is 342 g/mol. The fourth-order valence-electron chi connectivity index (χ4n) is 2.65. The molecular formula is C20H26N2O3. The Morgan fingerprint density at radius 3 is 2.64 bits per heavy atom. The number of amides is 1. The van der Waals surface area contributed by atoms with Crippen LogP contribution in [-0.4, -0.2) is 17.0 Å². The van der Waals surface area contributed by atoms with Crippen molar-refractivity contribution in [2.45, 2.75) is 53.7 Å². The van der Waals surface area contributed by atoms with Crippen molar-refractivity contribution in [3.05, 3.63) is 62.6 Å². The maximum absolute atomic E-state index is 12.6. The Bertz CT molecular complexity index is 824. The first-order chi connectivity index (χ1) is 11.8. The molecule has 0 spiro atoms. The zero-order valence-corrected chi connectivity index (χ0v) is 15.5. The van der Waals surface area contributed by atoms with E-state index in [4.69, 9.17) is 4.74 Å². The van der Waals surface area contributed by atoms with Crippen molar-refractivity contribution in [2.24, 2.45) is 0 Å². The predicted molar refractivity (Wildman–Crippen MR) is 99.3 cm³/mol. The van der Waals surface area contributed by atoms with Gasteiger partial charge in [-0.3, -0.25) is 9.59 Å². The van der Waals surface area contributed by atoms with Gasteiger partial charge in [-0.05, 0) is 57.9 Å². The number of hydrogen-bond acceptors (Lipinski definition) is 3. The van der Waals surface area contributed by atoms with Crippen LogP contribution in [0.2, 0.25) is 0 Å². The molecule has 0 saturated carbocycles. The van der Waals surface area contributed by atoms with Crippen LogP contribution >= 0.6 is 0 Å². The van der Waals surface area contributed by atoms with Crippen LogP contribution < -0.4 is 15.6 Å². The lowest BCUT2D eigenvalue weighted by Gasteiger charge is -2.17. The van der Waals surface area contributed by atoms with E-state index in [0.29, 0.717) is 16.9 Å². The molecule has 1 aromatic heterocycles. The molecule has 2 rings (SSSR count). The number of ether oxygens (including phenoxy) is 1. The Kier molecular flexibility index (Phi) is 6.02. The van der Waals surface area contributed by atoms with Crippen LogP contribution in [0.5, 0.6) is 5.75 Å². The SMILES string of the molecule is CCC(C)Oc1cccc(C(=O)NCc2c(C)cc(C)[nH]c2=O)c1C. The second-order valence-corrected chi connectivity index (χ2v) is 6.39. The van der Waals surface area contributed by atoms with Gasteiger partial charge in [-0.25, -0.2) is 0 Å². The monoisotopic (exact) mass is 342 g/mol. The summed E-state index contributed by atoms with van der Waals surface area (Å²) in [7, 11) is 0. The number of aryl methyl sites for hydroxylation is 2. The molecule has 0 aliphatic rings. The smallest absolute Gasteiger partial charge is 0.253 e. The van der Waals surface area contributed by atoms with Gasteiger partial charge in [0.1, 0.15) is 5.75 Å². The van der Waals surface area contributed by atoms with Gasteiger partial charge >= 0.3 is 0 Å². The molecule has 1 heterocycles. The van der Waals surface area contributed by atoms with Crippen LogP contribution in [0.3, 0.4) is 0 Å². The number of hydrogen-bond donors (Lipinski definition) is 2. The Labute approximate surface area is 148 Å². The number of benzene rings is 1. The van der Waals surface area contributed by atoms with Crippen molar-refractivity contribution in [3.8, 4) is 5.75 Å². The van der Waals surface area contributed by atoms with Gasteiger partial charge in [0.05, 0.1) is 6.10 Å². The van der Waals surface area contributed by atoms with E-state index in [2.05, 4.69) is 17.2 Å². The number of rotatable bonds is 6. The van der Waals surface area contributed by atoms with Crippen molar-refractivity contribution in [2.75, 3.05) is 0 Å². The van der Waals surface area contributed by atoms with Crippen molar-refractivity contribution in [1.29, 1.82) is 0 Å². The van der Waals surface area contributed by atoms with Gasteiger partial charge in [0.2, 0.25) is 0 Å². The van der Waals surface area contributed by atoms with E-state index in [-0.39, 0.29) is 24.1 Å². The molecule has 0 aliphatic heterocycles. The first-order valence-corrected chi connectivity index (χ1v) is 8.57. The summed E-state index contributed by atoms with van der Waals surface area (Å²) in [6, 6.07) is 7.34. The molecule has 25 heavy (non-hydrogen) atoms. The van der Waals surface area contributed by atoms with Crippen LogP contribution in [0, 0.1) is 20.8 Å². The summed E-state index contributed by atoms with van der Waals surface area (Å²) in [6.45, 7) is 9.82. The molecule has 0 bridgehead atoms. The van der Waals surface area contributed by atoms with E-state index >= 15 is 0 Å². The zero-order valence-electron chi connectivity index (χ0n) is 15.5. The van der Waals surface area contributed by atoms with Gasteiger partial charge < -0.3 is 15.0 Å². The summed E-state index contributed by atoms with van der Waals surface area (Å²) in [5.41, 5.74) is 3.44. The first-order valence-electron chi connectivity index (χ1n) is 8.57. The van der Waals surface area contributed by atoms with E-state index in [1.807, 2.05) is 45.9 Å². The summed E-state index contributed by atoms with van der Waals surface area (Å²) in [6.07, 6.45) is 0.983. The fraction of sp³-hybridized carbons (Fsp3) is 0.400. The highest BCUT2D eigenvalue weighted by molar-refractivity contribution is 5.96. The topological polar surface area (TPSA) is 71.2 Å². The maximum Gasteiger partial charge on any atom is 0.253 e. The average Bonchev–Trinajstić information content (AvgIpc) is 2.55. The van der Waals surface area contributed by atoms with Crippen LogP contribution in [0.4, 0.5) is 0 Å². The Hall–Kier alpha value is -2.56. The second kappa shape index (κ2) is 8.01. The summed E-state index contributed by atoms with van der Waals surface area (Å²) >= 11 is 0. The van der Waals surface area contributed by atoms with Crippen molar-refractivity contribution >= 4 is 5.91 Å². The molecule has 5 nitrogen and oxygen atoms in total. The largest absolute Gasteiger partial charge is 0.490 e. The normalized spacial score (nSPS) is 11.9. The highest BCUT2D eigenvalue weighted by Gasteiger charge is 2.15. The molecule has 1 amide bonds. The predicted octanol–water partition coefficient (Wildman–Crippen LogP) is 3.41. The number of carbonyl (C=O) groups excluding carboxylic acids is 1. The van der Waals surface area contributed by atoms with Gasteiger partial charge in [0.25, 0.3) is 11.5 Å². The van der Waals surface area contributed by atoms with Crippen molar-refractivity contribution in [3.63, 3.8) is 0 Å². The van der Waals surface area contributed by atoms with Gasteiger partial charge in [0, 0.05) is 28.9 Å². The van der Waals surface area contributed by atoms with Crippen LogP contribution in [0.25, 0.3) is 0 Å². The number of carbonyl (C=O) groups is 1. The zero-order chi connectivity index (χ0) is 18.6. The van der Waals surface area contributed by atoms with Gasteiger partial charge in [-0.15, -0.1) is 0 Å². The minimum Gasteiger partial charge on any atom is -0.490 e. The molecule has 0 fully saturated rings. The molecule has 2 aromatic rings. The van der Waals surface area contributed by atoms with E-state index in [1.165, 1.54) is 0 Å². The van der Waals surface area contributed by atoms with Crippen LogP contribution in [0.15, 0.2) is 29.1 Å². The molecule has 0 aliphatic carbocycles. The molecule has 5 heteroatoms. The third-order valence-electron chi connectivity index (χ3n) is 4.35. The Balaban J connectivity index is 2.17. The summed E-state index contributed by atoms with van der Waals surface area (Å²) < 4.78 is 5.86. The van der Waals surface area contributed by atoms with Gasteiger partial charge in [-0.2, -0.15) is 0 Å². The second-order valence-electron chi connectivity index (χ2n) is 6.39. The minimum absolute atomic E-state index is 0.0887. The number of aromatic amines is 1. The molecule has 1 unspecified atom stereocenters. The standard InChI is InChI=1S/C20H26N2O3/c1-6-14(4)25-18-9-7-8-16(15(18)5)19(23)21-11-17-12(2)10-13(3)22-20(17)24/h7-10,14H,6,11H2,1-5H3,(H,21,23)(H,22,24). The van der Waals surface area contributed by atoms with Crippen molar-refractivity contribution in [1.82, 2.24) is 10.3 Å². The number of nitrogens with one attached hydrogen (secondary N) is 2. The lowest BCUT2D eigenvalue weighted by molar-refractivity contribution is 0.0949. The van der Waals surface area contributed by atoms with Crippen LogP contribution in [0.1, 0.15) is 53.0 Å². The first kappa shape index (κ1) is 18.8. The molecule has 1 aromatic carbocycles. The summed E-state index contributed by atoms with van der Waals surface area (Å²) in [5, 5.41) is 2.84. The number of H-pyrrole nitrogens is 1. The minimum atomic E-state index is -0.216. The fourth-order valence-corrected chi connectivity index (χ4v) is 2.65. The summed E-state index contributed by atoms with van der Waals surface area (Å²) in [4.78, 5) is 27.4. The lowest BCUT2D eigenvalue weighted by Crippen LogP contribution is -2.28. The maximum atomic E-state index is 12.6.